The highest BCUT2D eigenvalue weighted by atomic mass is 16.5. The Morgan fingerprint density at radius 2 is 1.86 bits per heavy atom. The van der Waals surface area contributed by atoms with Crippen LogP contribution in [0.3, 0.4) is 0 Å². The second-order valence-corrected chi connectivity index (χ2v) is 7.51. The van der Waals surface area contributed by atoms with E-state index in [2.05, 4.69) is 19.2 Å². The summed E-state index contributed by atoms with van der Waals surface area (Å²) in [6, 6.07) is 0.580. The summed E-state index contributed by atoms with van der Waals surface area (Å²) in [6.07, 6.45) is 11.6. The third-order valence-electron chi connectivity index (χ3n) is 5.39. The minimum absolute atomic E-state index is 0.363. The van der Waals surface area contributed by atoms with Crippen LogP contribution in [0, 0.1) is 11.8 Å². The Bertz CT molecular complexity index is 284. The molecule has 2 fully saturated rings. The largest absolute Gasteiger partial charge is 0.389 e. The second kappa shape index (κ2) is 9.12. The van der Waals surface area contributed by atoms with Gasteiger partial charge in [0.05, 0.1) is 18.8 Å². The van der Waals surface area contributed by atoms with Crippen LogP contribution in [0.2, 0.25) is 0 Å². The average Bonchev–Trinajstić information content (AvgIpc) is 2.67. The maximum Gasteiger partial charge on any atom is 0.0897 e. The molecular weight excluding hydrogens is 262 g/mol. The van der Waals surface area contributed by atoms with E-state index in [1.807, 2.05) is 0 Å². The van der Waals surface area contributed by atoms with Gasteiger partial charge in [0.2, 0.25) is 0 Å². The van der Waals surface area contributed by atoms with Crippen molar-refractivity contribution in [1.82, 2.24) is 5.32 Å². The average molecular weight is 297 g/mol. The van der Waals surface area contributed by atoms with Crippen LogP contribution in [-0.2, 0) is 4.74 Å². The molecule has 5 unspecified atom stereocenters. The van der Waals surface area contributed by atoms with E-state index < -0.39 is 0 Å². The number of nitrogens with one attached hydrogen (secondary N) is 1. The number of aliphatic hydroxyl groups excluding tert-OH is 1. The molecule has 2 saturated carbocycles. The van der Waals surface area contributed by atoms with Crippen LogP contribution in [0.5, 0.6) is 0 Å². The first-order chi connectivity index (χ1) is 10.1. The smallest absolute Gasteiger partial charge is 0.0897 e. The van der Waals surface area contributed by atoms with Crippen LogP contribution in [0.15, 0.2) is 0 Å². The van der Waals surface area contributed by atoms with Crippen molar-refractivity contribution in [2.75, 3.05) is 13.2 Å². The van der Waals surface area contributed by atoms with E-state index in [4.69, 9.17) is 4.74 Å². The van der Waals surface area contributed by atoms with Crippen molar-refractivity contribution in [1.29, 1.82) is 0 Å². The van der Waals surface area contributed by atoms with Crippen LogP contribution in [-0.4, -0.2) is 36.5 Å². The Balaban J connectivity index is 1.61. The van der Waals surface area contributed by atoms with E-state index in [-0.39, 0.29) is 6.10 Å². The van der Waals surface area contributed by atoms with E-state index in [1.54, 1.807) is 0 Å². The number of hydrogen-bond donors (Lipinski definition) is 2. The van der Waals surface area contributed by atoms with Crippen LogP contribution in [0.1, 0.15) is 71.6 Å². The van der Waals surface area contributed by atoms with Gasteiger partial charge in [-0.3, -0.25) is 0 Å². The van der Waals surface area contributed by atoms with E-state index in [1.165, 1.54) is 57.8 Å². The van der Waals surface area contributed by atoms with Gasteiger partial charge in [-0.15, -0.1) is 0 Å². The van der Waals surface area contributed by atoms with Crippen LogP contribution < -0.4 is 5.32 Å². The normalized spacial score (nSPS) is 36.1. The zero-order valence-corrected chi connectivity index (χ0v) is 14.0. The van der Waals surface area contributed by atoms with E-state index in [0.717, 1.165) is 11.8 Å². The molecule has 2 N–H and O–H groups in total. The third kappa shape index (κ3) is 6.25. The molecule has 124 valence electrons. The molecule has 0 saturated heterocycles. The first kappa shape index (κ1) is 17.2. The lowest BCUT2D eigenvalue weighted by molar-refractivity contribution is -0.0315. The van der Waals surface area contributed by atoms with Gasteiger partial charge in [0.15, 0.2) is 0 Å². The molecule has 0 spiro atoms. The van der Waals surface area contributed by atoms with Crippen molar-refractivity contribution >= 4 is 0 Å². The quantitative estimate of drug-likeness (QED) is 0.737. The first-order valence-corrected chi connectivity index (χ1v) is 9.18. The zero-order chi connectivity index (χ0) is 15.1. The number of aliphatic hydroxyl groups is 1. The fraction of sp³-hybridized carbons (Fsp3) is 1.00. The first-order valence-electron chi connectivity index (χ1n) is 9.18. The van der Waals surface area contributed by atoms with Gasteiger partial charge in [0, 0.05) is 12.6 Å². The summed E-state index contributed by atoms with van der Waals surface area (Å²) >= 11 is 0. The SMILES string of the molecule is CC1CCCC(OCC(O)CNC2CCCCCC2C)C1. The van der Waals surface area contributed by atoms with Gasteiger partial charge in [-0.1, -0.05) is 46.0 Å². The maximum atomic E-state index is 10.1. The molecule has 3 nitrogen and oxygen atoms in total. The van der Waals surface area contributed by atoms with Crippen molar-refractivity contribution in [2.24, 2.45) is 11.8 Å². The summed E-state index contributed by atoms with van der Waals surface area (Å²) in [7, 11) is 0. The summed E-state index contributed by atoms with van der Waals surface area (Å²) in [5.41, 5.74) is 0. The lowest BCUT2D eigenvalue weighted by Gasteiger charge is -2.28. The molecule has 0 aliphatic heterocycles. The zero-order valence-electron chi connectivity index (χ0n) is 14.0. The lowest BCUT2D eigenvalue weighted by Crippen LogP contribution is -2.41. The lowest BCUT2D eigenvalue weighted by atomic mass is 9.89. The molecular formula is C18H35NO2. The van der Waals surface area contributed by atoms with Gasteiger partial charge in [-0.2, -0.15) is 0 Å². The maximum absolute atomic E-state index is 10.1. The molecule has 5 atom stereocenters. The Labute approximate surface area is 130 Å². The van der Waals surface area contributed by atoms with E-state index in [0.29, 0.717) is 25.3 Å². The Morgan fingerprint density at radius 3 is 2.67 bits per heavy atom. The molecule has 0 heterocycles. The molecule has 0 bridgehead atoms. The number of ether oxygens (including phenoxy) is 1. The highest BCUT2D eigenvalue weighted by Gasteiger charge is 2.22. The van der Waals surface area contributed by atoms with Crippen LogP contribution >= 0.6 is 0 Å². The topological polar surface area (TPSA) is 41.5 Å². The van der Waals surface area contributed by atoms with Gasteiger partial charge in [-0.05, 0) is 37.5 Å². The van der Waals surface area contributed by atoms with Crippen molar-refractivity contribution in [3.63, 3.8) is 0 Å². The molecule has 2 rings (SSSR count). The molecule has 2 aliphatic carbocycles. The molecule has 2 aliphatic rings. The number of hydrogen-bond acceptors (Lipinski definition) is 3. The van der Waals surface area contributed by atoms with Gasteiger partial charge in [-0.25, -0.2) is 0 Å². The Hall–Kier alpha value is -0.120. The fourth-order valence-corrected chi connectivity index (χ4v) is 3.92. The van der Waals surface area contributed by atoms with Gasteiger partial charge >= 0.3 is 0 Å². The van der Waals surface area contributed by atoms with Crippen LogP contribution in [0.25, 0.3) is 0 Å². The van der Waals surface area contributed by atoms with Gasteiger partial charge in [0.1, 0.15) is 0 Å². The summed E-state index contributed by atoms with van der Waals surface area (Å²) in [5, 5.41) is 13.7. The Kier molecular flexibility index (Phi) is 7.48. The summed E-state index contributed by atoms with van der Waals surface area (Å²) in [5.74, 6) is 1.52. The van der Waals surface area contributed by atoms with Crippen molar-refractivity contribution in [3.8, 4) is 0 Å². The van der Waals surface area contributed by atoms with Crippen molar-refractivity contribution < 1.29 is 9.84 Å². The Morgan fingerprint density at radius 1 is 1.05 bits per heavy atom. The minimum Gasteiger partial charge on any atom is -0.389 e. The highest BCUT2D eigenvalue weighted by Crippen LogP contribution is 2.26. The van der Waals surface area contributed by atoms with E-state index >= 15 is 0 Å². The summed E-state index contributed by atoms with van der Waals surface area (Å²) < 4.78 is 5.92. The summed E-state index contributed by atoms with van der Waals surface area (Å²) in [6.45, 7) is 5.82. The standard InChI is InChI=1S/C18H35NO2/c1-14-7-6-9-17(11-14)21-13-16(20)12-19-18-10-5-3-4-8-15(18)2/h14-20H,3-13H2,1-2H3. The molecule has 0 radical (unpaired) electrons. The number of rotatable bonds is 6. The highest BCUT2D eigenvalue weighted by molar-refractivity contribution is 4.78. The van der Waals surface area contributed by atoms with E-state index in [9.17, 15) is 5.11 Å². The molecule has 3 heteroatoms. The predicted molar refractivity (Wildman–Crippen MR) is 87.4 cm³/mol. The summed E-state index contributed by atoms with van der Waals surface area (Å²) in [4.78, 5) is 0. The molecule has 0 amide bonds. The second-order valence-electron chi connectivity index (χ2n) is 7.51. The fourth-order valence-electron chi connectivity index (χ4n) is 3.92. The predicted octanol–water partition coefficient (Wildman–Crippen LogP) is 3.50. The minimum atomic E-state index is -0.363. The third-order valence-corrected chi connectivity index (χ3v) is 5.39. The van der Waals surface area contributed by atoms with Crippen molar-refractivity contribution in [2.45, 2.75) is 89.9 Å². The molecule has 0 aromatic carbocycles. The van der Waals surface area contributed by atoms with Gasteiger partial charge < -0.3 is 15.2 Å². The molecule has 21 heavy (non-hydrogen) atoms. The van der Waals surface area contributed by atoms with Crippen LogP contribution in [0.4, 0.5) is 0 Å². The monoisotopic (exact) mass is 297 g/mol. The van der Waals surface area contributed by atoms with Crippen molar-refractivity contribution in [3.05, 3.63) is 0 Å². The molecule has 0 aromatic rings. The van der Waals surface area contributed by atoms with Gasteiger partial charge in [0.25, 0.3) is 0 Å². The molecule has 0 aromatic heterocycles.